The third kappa shape index (κ3) is 4.10. The molecule has 2 heterocycles. The topological polar surface area (TPSA) is 93.2 Å². The van der Waals surface area contributed by atoms with Crippen LogP contribution in [0.4, 0.5) is 5.82 Å². The zero-order valence-corrected chi connectivity index (χ0v) is 15.2. The molecule has 0 aliphatic heterocycles. The highest BCUT2D eigenvalue weighted by molar-refractivity contribution is 5.91. The van der Waals surface area contributed by atoms with Crippen LogP contribution in [0, 0.1) is 6.92 Å². The fraction of sp³-hybridized carbons (Fsp3) is 0.611. The molecule has 1 aliphatic rings. The number of hydrogen-bond donors (Lipinski definition) is 2. The summed E-state index contributed by atoms with van der Waals surface area (Å²) < 4.78 is 6.95. The van der Waals surface area contributed by atoms with Crippen LogP contribution in [0.25, 0.3) is 0 Å². The van der Waals surface area contributed by atoms with Gasteiger partial charge in [0.15, 0.2) is 0 Å². The SMILES string of the molecule is Cc1cc(CC(=O)Nc2cc(C3CCC(O)C3)nn2C(C)(C)C)on1. The smallest absolute Gasteiger partial charge is 0.233 e. The lowest BCUT2D eigenvalue weighted by Crippen LogP contribution is -2.27. The van der Waals surface area contributed by atoms with Gasteiger partial charge < -0.3 is 14.9 Å². The number of nitrogens with zero attached hydrogens (tertiary/aromatic N) is 3. The van der Waals surface area contributed by atoms with Crippen LogP contribution in [0.1, 0.15) is 63.1 Å². The molecule has 2 aromatic heterocycles. The van der Waals surface area contributed by atoms with Gasteiger partial charge in [-0.2, -0.15) is 5.10 Å². The lowest BCUT2D eigenvalue weighted by molar-refractivity contribution is -0.115. The van der Waals surface area contributed by atoms with Crippen LogP contribution in [0.2, 0.25) is 0 Å². The summed E-state index contributed by atoms with van der Waals surface area (Å²) in [6.07, 6.45) is 2.34. The van der Waals surface area contributed by atoms with E-state index in [1.165, 1.54) is 0 Å². The van der Waals surface area contributed by atoms with Crippen molar-refractivity contribution >= 4 is 11.7 Å². The maximum absolute atomic E-state index is 12.4. The van der Waals surface area contributed by atoms with Gasteiger partial charge in [-0.1, -0.05) is 5.16 Å². The number of aryl methyl sites for hydroxylation is 1. The molecular formula is C18H26N4O3. The first-order valence-electron chi connectivity index (χ1n) is 8.73. The van der Waals surface area contributed by atoms with Crippen molar-refractivity contribution < 1.29 is 14.4 Å². The van der Waals surface area contributed by atoms with E-state index in [1.54, 1.807) is 6.07 Å². The average Bonchev–Trinajstić information content (AvgIpc) is 3.19. The molecule has 0 aromatic carbocycles. The van der Waals surface area contributed by atoms with E-state index in [4.69, 9.17) is 9.62 Å². The molecule has 1 amide bonds. The lowest BCUT2D eigenvalue weighted by Gasteiger charge is -2.22. The van der Waals surface area contributed by atoms with Gasteiger partial charge in [-0.05, 0) is 47.0 Å². The van der Waals surface area contributed by atoms with Crippen LogP contribution < -0.4 is 5.32 Å². The van der Waals surface area contributed by atoms with Crippen molar-refractivity contribution in [2.45, 2.75) is 70.9 Å². The Labute approximate surface area is 147 Å². The summed E-state index contributed by atoms with van der Waals surface area (Å²) in [6, 6.07) is 3.68. The zero-order valence-electron chi connectivity index (χ0n) is 15.2. The minimum atomic E-state index is -0.263. The second kappa shape index (κ2) is 6.63. The fourth-order valence-electron chi connectivity index (χ4n) is 3.27. The standard InChI is InChI=1S/C18H26N4O3/c1-11-7-14(25-21-11)9-17(24)19-16-10-15(12-5-6-13(23)8-12)20-22(16)18(2,3)4/h7,10,12-13,23H,5-6,8-9H2,1-4H3,(H,19,24). The highest BCUT2D eigenvalue weighted by atomic mass is 16.5. The third-order valence-corrected chi connectivity index (χ3v) is 4.47. The zero-order chi connectivity index (χ0) is 18.2. The third-order valence-electron chi connectivity index (χ3n) is 4.47. The molecule has 0 radical (unpaired) electrons. The van der Waals surface area contributed by atoms with E-state index in [1.807, 2.05) is 38.4 Å². The van der Waals surface area contributed by atoms with Gasteiger partial charge in [-0.25, -0.2) is 4.68 Å². The Kier molecular flexibility index (Phi) is 4.69. The van der Waals surface area contributed by atoms with Crippen molar-refractivity contribution in [2.75, 3.05) is 5.32 Å². The quantitative estimate of drug-likeness (QED) is 0.888. The first-order valence-corrected chi connectivity index (χ1v) is 8.73. The molecule has 1 saturated carbocycles. The average molecular weight is 346 g/mol. The number of aromatic nitrogens is 3. The van der Waals surface area contributed by atoms with Gasteiger partial charge >= 0.3 is 0 Å². The van der Waals surface area contributed by atoms with Gasteiger partial charge in [-0.15, -0.1) is 0 Å². The van der Waals surface area contributed by atoms with Gasteiger partial charge in [0.05, 0.1) is 29.5 Å². The van der Waals surface area contributed by atoms with Crippen molar-refractivity contribution in [3.63, 3.8) is 0 Å². The predicted octanol–water partition coefficient (Wildman–Crippen LogP) is 2.74. The molecule has 7 nitrogen and oxygen atoms in total. The molecule has 136 valence electrons. The molecule has 0 saturated heterocycles. The van der Waals surface area contributed by atoms with E-state index in [2.05, 4.69) is 10.5 Å². The van der Waals surface area contributed by atoms with Crippen molar-refractivity contribution in [1.29, 1.82) is 0 Å². The van der Waals surface area contributed by atoms with E-state index in [0.717, 1.165) is 30.7 Å². The van der Waals surface area contributed by atoms with Crippen LogP contribution in [0.5, 0.6) is 0 Å². The number of carbonyl (C=O) groups is 1. The monoisotopic (exact) mass is 346 g/mol. The lowest BCUT2D eigenvalue weighted by atomic mass is 10.0. The molecule has 2 N–H and O–H groups in total. The summed E-state index contributed by atoms with van der Waals surface area (Å²) in [5, 5.41) is 21.2. The Morgan fingerprint density at radius 1 is 1.40 bits per heavy atom. The molecule has 2 atom stereocenters. The number of amides is 1. The minimum absolute atomic E-state index is 0.133. The summed E-state index contributed by atoms with van der Waals surface area (Å²) in [5.74, 6) is 1.28. The Balaban J connectivity index is 1.79. The van der Waals surface area contributed by atoms with Gasteiger partial charge in [0.2, 0.25) is 5.91 Å². The Morgan fingerprint density at radius 3 is 2.72 bits per heavy atom. The number of hydrogen-bond acceptors (Lipinski definition) is 5. The maximum Gasteiger partial charge on any atom is 0.233 e. The molecule has 0 spiro atoms. The number of rotatable bonds is 4. The molecule has 25 heavy (non-hydrogen) atoms. The first-order chi connectivity index (χ1) is 11.7. The molecule has 2 unspecified atom stereocenters. The van der Waals surface area contributed by atoms with E-state index >= 15 is 0 Å². The van der Waals surface area contributed by atoms with Gasteiger partial charge in [-0.3, -0.25) is 4.79 Å². The number of nitrogens with one attached hydrogen (secondary N) is 1. The Bertz CT molecular complexity index is 757. The molecule has 1 fully saturated rings. The fourth-order valence-corrected chi connectivity index (χ4v) is 3.27. The van der Waals surface area contributed by atoms with Gasteiger partial charge in [0, 0.05) is 18.1 Å². The molecular weight excluding hydrogens is 320 g/mol. The van der Waals surface area contributed by atoms with Crippen LogP contribution in [-0.2, 0) is 16.8 Å². The van der Waals surface area contributed by atoms with Crippen LogP contribution in [0.15, 0.2) is 16.7 Å². The molecule has 2 aromatic rings. The van der Waals surface area contributed by atoms with Crippen molar-refractivity contribution in [1.82, 2.24) is 14.9 Å². The Morgan fingerprint density at radius 2 is 2.16 bits per heavy atom. The summed E-state index contributed by atoms with van der Waals surface area (Å²) in [4.78, 5) is 12.4. The Hall–Kier alpha value is -2.15. The first kappa shape index (κ1) is 17.7. The molecule has 3 rings (SSSR count). The summed E-state index contributed by atoms with van der Waals surface area (Å²) >= 11 is 0. The summed E-state index contributed by atoms with van der Waals surface area (Å²) in [5.41, 5.74) is 1.42. The number of carbonyl (C=O) groups excluding carboxylic acids is 1. The van der Waals surface area contributed by atoms with Crippen LogP contribution in [-0.4, -0.2) is 32.1 Å². The summed E-state index contributed by atoms with van der Waals surface area (Å²) in [6.45, 7) is 7.95. The van der Waals surface area contributed by atoms with Crippen molar-refractivity contribution in [2.24, 2.45) is 0 Å². The van der Waals surface area contributed by atoms with E-state index in [-0.39, 0.29) is 29.9 Å². The molecule has 0 bridgehead atoms. The van der Waals surface area contributed by atoms with Crippen molar-refractivity contribution in [3.8, 4) is 0 Å². The van der Waals surface area contributed by atoms with Crippen LogP contribution in [0.3, 0.4) is 0 Å². The number of anilines is 1. The normalized spacial score (nSPS) is 20.8. The van der Waals surface area contributed by atoms with E-state index in [9.17, 15) is 9.90 Å². The van der Waals surface area contributed by atoms with Gasteiger partial charge in [0.1, 0.15) is 11.6 Å². The van der Waals surface area contributed by atoms with Gasteiger partial charge in [0.25, 0.3) is 0 Å². The second-order valence-electron chi connectivity index (χ2n) is 7.86. The summed E-state index contributed by atoms with van der Waals surface area (Å²) in [7, 11) is 0. The number of aliphatic hydroxyl groups is 1. The maximum atomic E-state index is 12.4. The largest absolute Gasteiger partial charge is 0.393 e. The number of aliphatic hydroxyl groups excluding tert-OH is 1. The van der Waals surface area contributed by atoms with Crippen molar-refractivity contribution in [3.05, 3.63) is 29.3 Å². The molecule has 1 aliphatic carbocycles. The van der Waals surface area contributed by atoms with Crippen LogP contribution >= 0.6 is 0 Å². The second-order valence-corrected chi connectivity index (χ2v) is 7.86. The molecule has 7 heteroatoms. The van der Waals surface area contributed by atoms with E-state index in [0.29, 0.717) is 11.6 Å². The predicted molar refractivity (Wildman–Crippen MR) is 93.4 cm³/mol. The minimum Gasteiger partial charge on any atom is -0.393 e. The van der Waals surface area contributed by atoms with E-state index < -0.39 is 0 Å². The highest BCUT2D eigenvalue weighted by Gasteiger charge is 2.29. The highest BCUT2D eigenvalue weighted by Crippen LogP contribution is 2.35.